The van der Waals surface area contributed by atoms with Gasteiger partial charge in [0, 0.05) is 13.7 Å². The highest BCUT2D eigenvalue weighted by Crippen LogP contribution is 2.15. The fraction of sp³-hybridized carbons (Fsp3) is 0.500. The van der Waals surface area contributed by atoms with Crippen molar-refractivity contribution >= 4 is 17.5 Å². The third-order valence-corrected chi connectivity index (χ3v) is 2.29. The van der Waals surface area contributed by atoms with Crippen molar-refractivity contribution in [2.45, 2.75) is 0 Å². The summed E-state index contributed by atoms with van der Waals surface area (Å²) >= 11 is 0. The molecule has 1 aromatic rings. The van der Waals surface area contributed by atoms with Gasteiger partial charge in [-0.3, -0.25) is 0 Å². The van der Waals surface area contributed by atoms with E-state index in [1.165, 1.54) is 13.2 Å². The predicted molar refractivity (Wildman–Crippen MR) is 71.2 cm³/mol. The van der Waals surface area contributed by atoms with Gasteiger partial charge in [-0.25, -0.2) is 9.78 Å². The second-order valence-corrected chi connectivity index (χ2v) is 3.66. The third kappa shape index (κ3) is 5.11. The number of nitrogen functional groups attached to an aromatic ring is 1. The molecule has 0 fully saturated rings. The summed E-state index contributed by atoms with van der Waals surface area (Å²) in [4.78, 5) is 15.4. The van der Waals surface area contributed by atoms with Gasteiger partial charge in [0.25, 0.3) is 0 Å². The zero-order valence-electron chi connectivity index (χ0n) is 11.1. The molecule has 1 heterocycles. The molecule has 7 heteroatoms. The van der Waals surface area contributed by atoms with Crippen LogP contribution in [0.25, 0.3) is 0 Å². The van der Waals surface area contributed by atoms with Gasteiger partial charge in [0.15, 0.2) is 5.69 Å². The number of ether oxygens (including phenoxy) is 3. The molecule has 0 spiro atoms. The van der Waals surface area contributed by atoms with Crippen molar-refractivity contribution in [3.63, 3.8) is 0 Å². The van der Waals surface area contributed by atoms with Crippen molar-refractivity contribution in [1.29, 1.82) is 0 Å². The summed E-state index contributed by atoms with van der Waals surface area (Å²) in [5, 5.41) is 3.00. The molecule has 0 aromatic carbocycles. The van der Waals surface area contributed by atoms with Crippen LogP contribution < -0.4 is 11.1 Å². The molecule has 0 atom stereocenters. The van der Waals surface area contributed by atoms with Crippen LogP contribution in [0.3, 0.4) is 0 Å². The molecule has 0 saturated carbocycles. The van der Waals surface area contributed by atoms with Gasteiger partial charge in [0.1, 0.15) is 5.82 Å². The van der Waals surface area contributed by atoms with Crippen LogP contribution in [0.15, 0.2) is 12.1 Å². The number of methoxy groups -OCH3 is 2. The van der Waals surface area contributed by atoms with Crippen LogP contribution >= 0.6 is 0 Å². The highest BCUT2D eigenvalue weighted by atomic mass is 16.5. The van der Waals surface area contributed by atoms with E-state index >= 15 is 0 Å². The van der Waals surface area contributed by atoms with Gasteiger partial charge in [0.2, 0.25) is 0 Å². The number of pyridine rings is 1. The van der Waals surface area contributed by atoms with Crippen LogP contribution in [-0.2, 0) is 14.2 Å². The smallest absolute Gasteiger partial charge is 0.356 e. The summed E-state index contributed by atoms with van der Waals surface area (Å²) in [6.07, 6.45) is 0. The zero-order valence-corrected chi connectivity index (χ0v) is 11.1. The number of carbonyl (C=O) groups excluding carboxylic acids is 1. The third-order valence-electron chi connectivity index (χ3n) is 2.29. The molecule has 0 aliphatic heterocycles. The first-order chi connectivity index (χ1) is 9.19. The van der Waals surface area contributed by atoms with Crippen LogP contribution in [-0.4, -0.2) is 51.5 Å². The second-order valence-electron chi connectivity index (χ2n) is 3.66. The Morgan fingerprint density at radius 3 is 2.79 bits per heavy atom. The fourth-order valence-electron chi connectivity index (χ4n) is 1.32. The van der Waals surface area contributed by atoms with Crippen LogP contribution in [0.2, 0.25) is 0 Å². The molecular weight excluding hydrogens is 250 g/mol. The maximum atomic E-state index is 11.3. The summed E-state index contributed by atoms with van der Waals surface area (Å²) in [5.41, 5.74) is 6.43. The zero-order chi connectivity index (χ0) is 14.1. The van der Waals surface area contributed by atoms with E-state index in [0.717, 1.165) is 0 Å². The van der Waals surface area contributed by atoms with Crippen molar-refractivity contribution in [3.05, 3.63) is 17.8 Å². The first-order valence-electron chi connectivity index (χ1n) is 5.84. The standard InChI is InChI=1S/C12H19N3O4/c1-17-7-8-19-6-5-14-11-9(13)3-4-10(15-11)12(16)18-2/h3-4H,5-8,13H2,1-2H3,(H,14,15). The molecule has 106 valence electrons. The van der Waals surface area contributed by atoms with E-state index in [1.807, 2.05) is 0 Å². The van der Waals surface area contributed by atoms with E-state index in [4.69, 9.17) is 15.2 Å². The number of nitrogens with zero attached hydrogens (tertiary/aromatic N) is 1. The van der Waals surface area contributed by atoms with E-state index in [-0.39, 0.29) is 5.69 Å². The molecule has 7 nitrogen and oxygen atoms in total. The topological polar surface area (TPSA) is 95.7 Å². The van der Waals surface area contributed by atoms with Gasteiger partial charge in [-0.05, 0) is 12.1 Å². The number of nitrogens with two attached hydrogens (primary N) is 1. The van der Waals surface area contributed by atoms with Crippen LogP contribution in [0.5, 0.6) is 0 Å². The molecule has 0 amide bonds. The highest BCUT2D eigenvalue weighted by Gasteiger charge is 2.09. The van der Waals surface area contributed by atoms with Crippen molar-refractivity contribution in [3.8, 4) is 0 Å². The first-order valence-corrected chi connectivity index (χ1v) is 5.84. The van der Waals surface area contributed by atoms with Gasteiger partial charge in [-0.2, -0.15) is 0 Å². The Balaban J connectivity index is 2.46. The number of nitrogens with one attached hydrogen (secondary N) is 1. The fourth-order valence-corrected chi connectivity index (χ4v) is 1.32. The summed E-state index contributed by atoms with van der Waals surface area (Å²) in [5.74, 6) is -0.0577. The lowest BCUT2D eigenvalue weighted by molar-refractivity contribution is 0.0594. The number of hydrogen-bond acceptors (Lipinski definition) is 7. The van der Waals surface area contributed by atoms with E-state index in [2.05, 4.69) is 15.0 Å². The second kappa shape index (κ2) is 8.28. The Bertz CT molecular complexity index is 412. The normalized spacial score (nSPS) is 10.2. The average molecular weight is 269 g/mol. The Labute approximate surface area is 112 Å². The van der Waals surface area contributed by atoms with E-state index in [9.17, 15) is 4.79 Å². The predicted octanol–water partition coefficient (Wildman–Crippen LogP) is 0.525. The van der Waals surface area contributed by atoms with Crippen LogP contribution in [0.4, 0.5) is 11.5 Å². The SMILES string of the molecule is COCCOCCNc1nc(C(=O)OC)ccc1N. The maximum absolute atomic E-state index is 11.3. The molecule has 1 rings (SSSR count). The number of esters is 1. The Morgan fingerprint density at radius 2 is 2.11 bits per heavy atom. The minimum atomic E-state index is -0.501. The number of rotatable bonds is 8. The number of hydrogen-bond donors (Lipinski definition) is 2. The molecular formula is C12H19N3O4. The minimum absolute atomic E-state index is 0.208. The van der Waals surface area contributed by atoms with Gasteiger partial charge in [0.05, 0.1) is 32.6 Å². The molecule has 0 radical (unpaired) electrons. The summed E-state index contributed by atoms with van der Waals surface area (Å²) in [6.45, 7) is 2.11. The molecule has 0 aliphatic rings. The monoisotopic (exact) mass is 269 g/mol. The molecule has 0 bridgehead atoms. The summed E-state index contributed by atoms with van der Waals surface area (Å²) in [6, 6.07) is 3.12. The lowest BCUT2D eigenvalue weighted by atomic mass is 10.3. The van der Waals surface area contributed by atoms with Crippen LogP contribution in [0, 0.1) is 0 Å². The lowest BCUT2D eigenvalue weighted by Gasteiger charge is -2.09. The largest absolute Gasteiger partial charge is 0.464 e. The van der Waals surface area contributed by atoms with Gasteiger partial charge >= 0.3 is 5.97 Å². The van der Waals surface area contributed by atoms with E-state index < -0.39 is 5.97 Å². The molecule has 0 aliphatic carbocycles. The molecule has 0 saturated heterocycles. The van der Waals surface area contributed by atoms with Gasteiger partial charge in [-0.15, -0.1) is 0 Å². The lowest BCUT2D eigenvalue weighted by Crippen LogP contribution is -2.15. The number of carbonyl (C=O) groups is 1. The number of anilines is 2. The summed E-state index contributed by atoms with van der Waals surface area (Å²) < 4.78 is 14.7. The van der Waals surface area contributed by atoms with E-state index in [1.54, 1.807) is 13.2 Å². The van der Waals surface area contributed by atoms with Gasteiger partial charge in [-0.1, -0.05) is 0 Å². The van der Waals surface area contributed by atoms with E-state index in [0.29, 0.717) is 37.9 Å². The van der Waals surface area contributed by atoms with Crippen molar-refractivity contribution < 1.29 is 19.0 Å². The maximum Gasteiger partial charge on any atom is 0.356 e. The first kappa shape index (κ1) is 15.2. The Hall–Kier alpha value is -1.86. The Morgan fingerprint density at radius 1 is 1.32 bits per heavy atom. The van der Waals surface area contributed by atoms with Crippen molar-refractivity contribution in [2.24, 2.45) is 0 Å². The Kier molecular flexibility index (Phi) is 6.62. The number of aromatic nitrogens is 1. The molecule has 1 aromatic heterocycles. The van der Waals surface area contributed by atoms with Gasteiger partial charge < -0.3 is 25.3 Å². The summed E-state index contributed by atoms with van der Waals surface area (Å²) in [7, 11) is 2.92. The van der Waals surface area contributed by atoms with Crippen LogP contribution in [0.1, 0.15) is 10.5 Å². The minimum Gasteiger partial charge on any atom is -0.464 e. The average Bonchev–Trinajstić information content (AvgIpc) is 2.43. The molecule has 0 unspecified atom stereocenters. The molecule has 3 N–H and O–H groups in total. The molecule has 19 heavy (non-hydrogen) atoms. The highest BCUT2D eigenvalue weighted by molar-refractivity contribution is 5.88. The van der Waals surface area contributed by atoms with Crippen molar-refractivity contribution in [1.82, 2.24) is 4.98 Å². The van der Waals surface area contributed by atoms with Crippen molar-refractivity contribution in [2.75, 3.05) is 51.6 Å². The quantitative estimate of drug-likeness (QED) is 0.524.